The van der Waals surface area contributed by atoms with Crippen LogP contribution in [0.4, 0.5) is 5.69 Å². The number of anilines is 1. The van der Waals surface area contributed by atoms with Crippen LogP contribution >= 0.6 is 0 Å². The van der Waals surface area contributed by atoms with Crippen LogP contribution in [0.25, 0.3) is 0 Å². The highest BCUT2D eigenvalue weighted by molar-refractivity contribution is 5.89. The molecule has 5 nitrogen and oxygen atoms in total. The van der Waals surface area contributed by atoms with Crippen molar-refractivity contribution in [1.29, 1.82) is 0 Å². The molecule has 20 heavy (non-hydrogen) atoms. The highest BCUT2D eigenvalue weighted by atomic mass is 16.5. The van der Waals surface area contributed by atoms with Gasteiger partial charge >= 0.3 is 5.97 Å². The third-order valence-electron chi connectivity index (χ3n) is 2.86. The van der Waals surface area contributed by atoms with E-state index in [1.165, 1.54) is 6.92 Å². The monoisotopic (exact) mass is 278 g/mol. The van der Waals surface area contributed by atoms with Gasteiger partial charge in [0, 0.05) is 32.7 Å². The molecule has 1 aromatic carbocycles. The van der Waals surface area contributed by atoms with Gasteiger partial charge in [-0.25, -0.2) is 4.79 Å². The van der Waals surface area contributed by atoms with Crippen molar-refractivity contribution in [3.8, 4) is 0 Å². The molecule has 0 aliphatic rings. The summed E-state index contributed by atoms with van der Waals surface area (Å²) in [6, 6.07) is 7.31. The summed E-state index contributed by atoms with van der Waals surface area (Å²) in [7, 11) is 1.98. The molecule has 0 bridgehead atoms. The summed E-state index contributed by atoms with van der Waals surface area (Å²) >= 11 is 0. The molecule has 0 unspecified atom stereocenters. The van der Waals surface area contributed by atoms with Crippen LogP contribution in [0.15, 0.2) is 24.3 Å². The fourth-order valence-electron chi connectivity index (χ4n) is 1.78. The molecular formula is C15H22N2O3. The zero-order valence-corrected chi connectivity index (χ0v) is 12.3. The number of rotatable bonds is 7. The van der Waals surface area contributed by atoms with Crippen molar-refractivity contribution >= 4 is 17.6 Å². The first-order valence-corrected chi connectivity index (χ1v) is 6.77. The number of hydrogen-bond acceptors (Lipinski definition) is 4. The van der Waals surface area contributed by atoms with E-state index in [9.17, 15) is 9.59 Å². The SMILES string of the molecule is CCOC(=O)c1ccc(N(C)CCCNC(C)=O)cc1. The van der Waals surface area contributed by atoms with Crippen LogP contribution in [0, 0.1) is 0 Å². The highest BCUT2D eigenvalue weighted by Crippen LogP contribution is 2.14. The molecule has 5 heteroatoms. The summed E-state index contributed by atoms with van der Waals surface area (Å²) in [6.45, 7) is 5.18. The van der Waals surface area contributed by atoms with Crippen molar-refractivity contribution in [2.45, 2.75) is 20.3 Å². The van der Waals surface area contributed by atoms with Gasteiger partial charge in [0.1, 0.15) is 0 Å². The third-order valence-corrected chi connectivity index (χ3v) is 2.86. The number of carbonyl (C=O) groups is 2. The van der Waals surface area contributed by atoms with Gasteiger partial charge in [-0.05, 0) is 37.6 Å². The Labute approximate surface area is 119 Å². The summed E-state index contributed by atoms with van der Waals surface area (Å²) in [5.41, 5.74) is 1.59. The molecule has 110 valence electrons. The van der Waals surface area contributed by atoms with Crippen LogP contribution in [-0.4, -0.2) is 38.6 Å². The van der Waals surface area contributed by atoms with Crippen molar-refractivity contribution in [3.63, 3.8) is 0 Å². The van der Waals surface area contributed by atoms with Crippen molar-refractivity contribution in [3.05, 3.63) is 29.8 Å². The fraction of sp³-hybridized carbons (Fsp3) is 0.467. The number of esters is 1. The number of hydrogen-bond donors (Lipinski definition) is 1. The normalized spacial score (nSPS) is 9.95. The van der Waals surface area contributed by atoms with Crippen LogP contribution < -0.4 is 10.2 Å². The number of ether oxygens (including phenoxy) is 1. The van der Waals surface area contributed by atoms with Crippen molar-refractivity contribution < 1.29 is 14.3 Å². The lowest BCUT2D eigenvalue weighted by molar-refractivity contribution is -0.118. The van der Waals surface area contributed by atoms with E-state index < -0.39 is 0 Å². The molecule has 0 spiro atoms. The van der Waals surface area contributed by atoms with E-state index in [-0.39, 0.29) is 11.9 Å². The minimum absolute atomic E-state index is 0.00792. The summed E-state index contributed by atoms with van der Waals surface area (Å²) in [6.07, 6.45) is 0.871. The lowest BCUT2D eigenvalue weighted by Crippen LogP contribution is -2.26. The molecule has 0 heterocycles. The van der Waals surface area contributed by atoms with Gasteiger partial charge in [0.05, 0.1) is 12.2 Å². The molecule has 1 rings (SSSR count). The summed E-state index contributed by atoms with van der Waals surface area (Å²) in [5.74, 6) is -0.307. The first-order chi connectivity index (χ1) is 9.54. The average Bonchev–Trinajstić information content (AvgIpc) is 2.43. The zero-order chi connectivity index (χ0) is 15.0. The molecular weight excluding hydrogens is 256 g/mol. The van der Waals surface area contributed by atoms with Gasteiger partial charge in [0.25, 0.3) is 0 Å². The predicted octanol–water partition coefficient (Wildman–Crippen LogP) is 1.83. The summed E-state index contributed by atoms with van der Waals surface area (Å²) < 4.78 is 4.94. The molecule has 0 radical (unpaired) electrons. The second-order valence-corrected chi connectivity index (χ2v) is 4.53. The molecule has 0 fully saturated rings. The fourth-order valence-corrected chi connectivity index (χ4v) is 1.78. The lowest BCUT2D eigenvalue weighted by atomic mass is 10.2. The summed E-state index contributed by atoms with van der Waals surface area (Å²) in [5, 5.41) is 2.76. The van der Waals surface area contributed by atoms with Crippen LogP contribution in [0.1, 0.15) is 30.6 Å². The number of amides is 1. The van der Waals surface area contributed by atoms with Gasteiger partial charge in [-0.2, -0.15) is 0 Å². The van der Waals surface area contributed by atoms with Crippen LogP contribution in [0.2, 0.25) is 0 Å². The van der Waals surface area contributed by atoms with Crippen LogP contribution in [0.5, 0.6) is 0 Å². The van der Waals surface area contributed by atoms with Crippen LogP contribution in [-0.2, 0) is 9.53 Å². The van der Waals surface area contributed by atoms with E-state index in [1.807, 2.05) is 19.2 Å². The Morgan fingerprint density at radius 1 is 1.25 bits per heavy atom. The molecule has 0 saturated heterocycles. The molecule has 0 aliphatic heterocycles. The highest BCUT2D eigenvalue weighted by Gasteiger charge is 2.07. The number of nitrogens with one attached hydrogen (secondary N) is 1. The molecule has 0 atom stereocenters. The second-order valence-electron chi connectivity index (χ2n) is 4.53. The number of benzene rings is 1. The Hall–Kier alpha value is -2.04. The summed E-state index contributed by atoms with van der Waals surface area (Å²) in [4.78, 5) is 24.3. The smallest absolute Gasteiger partial charge is 0.338 e. The first kappa shape index (κ1) is 16.0. The quantitative estimate of drug-likeness (QED) is 0.610. The maximum absolute atomic E-state index is 11.5. The second kappa shape index (κ2) is 8.19. The van der Waals surface area contributed by atoms with E-state index >= 15 is 0 Å². The standard InChI is InChI=1S/C15H22N2O3/c1-4-20-15(19)13-6-8-14(9-7-13)17(3)11-5-10-16-12(2)18/h6-9H,4-5,10-11H2,1-3H3,(H,16,18). The van der Waals surface area contributed by atoms with Gasteiger partial charge in [0.2, 0.25) is 5.91 Å². The van der Waals surface area contributed by atoms with E-state index in [1.54, 1.807) is 19.1 Å². The van der Waals surface area contributed by atoms with Crippen molar-refractivity contribution in [1.82, 2.24) is 5.32 Å². The maximum Gasteiger partial charge on any atom is 0.338 e. The van der Waals surface area contributed by atoms with E-state index in [0.717, 1.165) is 18.7 Å². The van der Waals surface area contributed by atoms with Gasteiger partial charge in [-0.15, -0.1) is 0 Å². The largest absolute Gasteiger partial charge is 0.462 e. The molecule has 1 aromatic rings. The Morgan fingerprint density at radius 3 is 2.45 bits per heavy atom. The van der Waals surface area contributed by atoms with E-state index in [4.69, 9.17) is 4.74 Å². The first-order valence-electron chi connectivity index (χ1n) is 6.77. The van der Waals surface area contributed by atoms with Gasteiger partial charge < -0.3 is 15.0 Å². The predicted molar refractivity (Wildman–Crippen MR) is 79.0 cm³/mol. The third kappa shape index (κ3) is 5.30. The Kier molecular flexibility index (Phi) is 6.56. The van der Waals surface area contributed by atoms with Crippen LogP contribution in [0.3, 0.4) is 0 Å². The topological polar surface area (TPSA) is 58.6 Å². The number of carbonyl (C=O) groups excluding carboxylic acids is 2. The Balaban J connectivity index is 2.46. The minimum atomic E-state index is -0.299. The maximum atomic E-state index is 11.5. The van der Waals surface area contributed by atoms with Gasteiger partial charge in [-0.3, -0.25) is 4.79 Å². The zero-order valence-electron chi connectivity index (χ0n) is 12.3. The van der Waals surface area contributed by atoms with Crippen molar-refractivity contribution in [2.75, 3.05) is 31.6 Å². The average molecular weight is 278 g/mol. The lowest BCUT2D eigenvalue weighted by Gasteiger charge is -2.19. The Bertz CT molecular complexity index is 443. The van der Waals surface area contributed by atoms with Gasteiger partial charge in [-0.1, -0.05) is 0 Å². The Morgan fingerprint density at radius 2 is 1.90 bits per heavy atom. The number of nitrogens with zero attached hydrogens (tertiary/aromatic N) is 1. The van der Waals surface area contributed by atoms with Gasteiger partial charge in [0.15, 0.2) is 0 Å². The van der Waals surface area contributed by atoms with Crippen molar-refractivity contribution in [2.24, 2.45) is 0 Å². The molecule has 0 aliphatic carbocycles. The molecule has 0 aromatic heterocycles. The van der Waals surface area contributed by atoms with E-state index in [2.05, 4.69) is 10.2 Å². The van der Waals surface area contributed by atoms with E-state index in [0.29, 0.717) is 18.7 Å². The minimum Gasteiger partial charge on any atom is -0.462 e. The molecule has 0 saturated carbocycles. The molecule has 1 amide bonds. The molecule has 1 N–H and O–H groups in total.